The minimum Gasteiger partial charge on any atom is -0.497 e. The highest BCUT2D eigenvalue weighted by molar-refractivity contribution is 7.99. The van der Waals surface area contributed by atoms with Gasteiger partial charge >= 0.3 is 0 Å². The van der Waals surface area contributed by atoms with Crippen molar-refractivity contribution in [2.75, 3.05) is 14.2 Å². The number of rotatable bonds is 7. The van der Waals surface area contributed by atoms with Crippen molar-refractivity contribution >= 4 is 46.7 Å². The Morgan fingerprint density at radius 2 is 1.78 bits per heavy atom. The normalized spacial score (nSPS) is 10.7. The molecule has 0 unspecified atom stereocenters. The zero-order valence-corrected chi connectivity index (χ0v) is 17.8. The number of aromatic nitrogens is 2. The number of thioether (sulfide) groups is 1. The summed E-state index contributed by atoms with van der Waals surface area (Å²) >= 11 is 15.2. The second-order valence-corrected chi connectivity index (χ2v) is 8.18. The molecule has 4 nitrogen and oxygen atoms in total. The van der Waals surface area contributed by atoms with E-state index in [1.54, 1.807) is 26.5 Å². The number of ether oxygens (including phenoxy) is 2. The number of halogens is 2. The summed E-state index contributed by atoms with van der Waals surface area (Å²) in [7, 11) is 3.25. The molecule has 8 heteroatoms. The fraction of sp³-hybridized carbons (Fsp3) is 0.158. The van der Waals surface area contributed by atoms with Crippen molar-refractivity contribution in [3.05, 3.63) is 64.3 Å². The average Bonchev–Trinajstić information content (AvgIpc) is 2.68. The van der Waals surface area contributed by atoms with Crippen molar-refractivity contribution in [1.29, 1.82) is 0 Å². The van der Waals surface area contributed by atoms with E-state index in [4.69, 9.17) is 32.7 Å². The molecular formula is C19H16Cl2N2O2S2. The van der Waals surface area contributed by atoms with Gasteiger partial charge in [-0.3, -0.25) is 0 Å². The summed E-state index contributed by atoms with van der Waals surface area (Å²) in [5.41, 5.74) is 0.981. The zero-order chi connectivity index (χ0) is 19.2. The van der Waals surface area contributed by atoms with Crippen molar-refractivity contribution < 1.29 is 9.47 Å². The summed E-state index contributed by atoms with van der Waals surface area (Å²) in [6.07, 6.45) is 1.69. The molecule has 0 bridgehead atoms. The molecule has 0 fully saturated rings. The van der Waals surface area contributed by atoms with Gasteiger partial charge in [0.15, 0.2) is 10.9 Å². The maximum Gasteiger partial charge on any atom is 0.189 e. The van der Waals surface area contributed by atoms with Gasteiger partial charge in [-0.25, -0.2) is 9.97 Å². The quantitative estimate of drug-likeness (QED) is 0.247. The molecule has 2 aromatic carbocycles. The molecule has 0 aliphatic heterocycles. The van der Waals surface area contributed by atoms with Crippen LogP contribution in [0, 0.1) is 0 Å². The van der Waals surface area contributed by atoms with Gasteiger partial charge in [-0.05, 0) is 42.0 Å². The first-order valence-corrected chi connectivity index (χ1v) is 10.4. The summed E-state index contributed by atoms with van der Waals surface area (Å²) in [5, 5.41) is 2.66. The van der Waals surface area contributed by atoms with Gasteiger partial charge in [0.05, 0.1) is 20.4 Å². The smallest absolute Gasteiger partial charge is 0.189 e. The van der Waals surface area contributed by atoms with Gasteiger partial charge in [-0.1, -0.05) is 52.8 Å². The van der Waals surface area contributed by atoms with Crippen molar-refractivity contribution in [2.45, 2.75) is 20.8 Å². The van der Waals surface area contributed by atoms with Crippen LogP contribution in [0.3, 0.4) is 0 Å². The third-order valence-electron chi connectivity index (χ3n) is 3.57. The van der Waals surface area contributed by atoms with E-state index in [1.165, 1.54) is 23.5 Å². The molecule has 1 heterocycles. The predicted octanol–water partition coefficient (Wildman–Crippen LogP) is 6.24. The van der Waals surface area contributed by atoms with Crippen LogP contribution in [-0.4, -0.2) is 24.2 Å². The Balaban J connectivity index is 1.75. The van der Waals surface area contributed by atoms with Crippen LogP contribution in [0.4, 0.5) is 0 Å². The van der Waals surface area contributed by atoms with Gasteiger partial charge in [0, 0.05) is 20.7 Å². The van der Waals surface area contributed by atoms with Gasteiger partial charge in [0.25, 0.3) is 0 Å². The van der Waals surface area contributed by atoms with Crippen molar-refractivity contribution in [2.24, 2.45) is 0 Å². The maximum atomic E-state index is 6.23. The summed E-state index contributed by atoms with van der Waals surface area (Å²) in [6, 6.07) is 13.2. The first-order chi connectivity index (χ1) is 13.1. The lowest BCUT2D eigenvalue weighted by atomic mass is 10.2. The highest BCUT2D eigenvalue weighted by atomic mass is 35.5. The molecule has 27 heavy (non-hydrogen) atoms. The molecule has 3 rings (SSSR count). The minimum atomic E-state index is 0.618. The van der Waals surface area contributed by atoms with E-state index in [0.717, 1.165) is 21.2 Å². The third kappa shape index (κ3) is 5.45. The summed E-state index contributed by atoms with van der Waals surface area (Å²) < 4.78 is 10.6. The first-order valence-electron chi connectivity index (χ1n) is 7.88. The summed E-state index contributed by atoms with van der Waals surface area (Å²) in [6.45, 7) is 0. The Bertz CT molecular complexity index is 924. The van der Waals surface area contributed by atoms with Crippen LogP contribution >= 0.6 is 46.7 Å². The maximum absolute atomic E-state index is 6.23. The molecule has 0 amide bonds. The van der Waals surface area contributed by atoms with Gasteiger partial charge < -0.3 is 9.47 Å². The van der Waals surface area contributed by atoms with Crippen LogP contribution in [0.25, 0.3) is 0 Å². The molecule has 0 radical (unpaired) electrons. The lowest BCUT2D eigenvalue weighted by Crippen LogP contribution is -1.95. The number of hydrogen-bond donors (Lipinski definition) is 0. The monoisotopic (exact) mass is 438 g/mol. The lowest BCUT2D eigenvalue weighted by Gasteiger charge is -2.09. The second kappa shape index (κ2) is 9.55. The van der Waals surface area contributed by atoms with Crippen LogP contribution < -0.4 is 9.47 Å². The van der Waals surface area contributed by atoms with Crippen LogP contribution in [-0.2, 0) is 5.75 Å². The highest BCUT2D eigenvalue weighted by Crippen LogP contribution is 2.35. The minimum absolute atomic E-state index is 0.618. The molecule has 1 aromatic heterocycles. The molecule has 0 aliphatic carbocycles. The van der Waals surface area contributed by atoms with E-state index < -0.39 is 0 Å². The molecule has 0 saturated heterocycles. The Kier molecular flexibility index (Phi) is 7.13. The van der Waals surface area contributed by atoms with Crippen molar-refractivity contribution in [3.63, 3.8) is 0 Å². The fourth-order valence-corrected chi connectivity index (χ4v) is 4.45. The lowest BCUT2D eigenvalue weighted by molar-refractivity contribution is 0.395. The highest BCUT2D eigenvalue weighted by Gasteiger charge is 2.11. The number of benzene rings is 2. The van der Waals surface area contributed by atoms with E-state index in [-0.39, 0.29) is 0 Å². The van der Waals surface area contributed by atoms with E-state index in [2.05, 4.69) is 9.97 Å². The largest absolute Gasteiger partial charge is 0.497 e. The van der Waals surface area contributed by atoms with Crippen molar-refractivity contribution in [3.8, 4) is 11.5 Å². The topological polar surface area (TPSA) is 44.2 Å². The zero-order valence-electron chi connectivity index (χ0n) is 14.6. The standard InChI is InChI=1S/C19H16Cl2N2O2S2/c1-24-14-5-7-15(8-6-14)27-18-17(25-2)10-22-19(23-18)26-11-12-3-4-13(20)9-16(12)21/h3-10H,11H2,1-2H3. The average molecular weight is 439 g/mol. The van der Waals surface area contributed by atoms with Crippen LogP contribution in [0.5, 0.6) is 11.5 Å². The molecule has 0 atom stereocenters. The van der Waals surface area contributed by atoms with E-state index in [9.17, 15) is 0 Å². The van der Waals surface area contributed by atoms with Crippen LogP contribution in [0.2, 0.25) is 10.0 Å². The summed E-state index contributed by atoms with van der Waals surface area (Å²) in [5.74, 6) is 2.09. The first kappa shape index (κ1) is 20.1. The van der Waals surface area contributed by atoms with Gasteiger partial charge in [0.2, 0.25) is 0 Å². The Morgan fingerprint density at radius 3 is 2.44 bits per heavy atom. The third-order valence-corrected chi connectivity index (χ3v) is 6.06. The van der Waals surface area contributed by atoms with Crippen LogP contribution in [0.1, 0.15) is 5.56 Å². The fourth-order valence-electron chi connectivity index (χ4n) is 2.16. The van der Waals surface area contributed by atoms with Gasteiger partial charge in [-0.15, -0.1) is 0 Å². The molecule has 0 N–H and O–H groups in total. The second-order valence-electron chi connectivity index (χ2n) is 5.33. The molecule has 0 aliphatic rings. The predicted molar refractivity (Wildman–Crippen MR) is 112 cm³/mol. The molecule has 3 aromatic rings. The Hall–Kier alpha value is -1.60. The molecule has 0 saturated carbocycles. The van der Waals surface area contributed by atoms with E-state index >= 15 is 0 Å². The number of nitrogens with zero attached hydrogens (tertiary/aromatic N) is 2. The number of hydrogen-bond acceptors (Lipinski definition) is 6. The Morgan fingerprint density at radius 1 is 1.00 bits per heavy atom. The SMILES string of the molecule is COc1ccc(Sc2nc(SCc3ccc(Cl)cc3Cl)ncc2OC)cc1. The Labute approximate surface area is 176 Å². The van der Waals surface area contributed by atoms with Crippen LogP contribution in [0.15, 0.2) is 63.7 Å². The van der Waals surface area contributed by atoms with Gasteiger partial charge in [0.1, 0.15) is 10.8 Å². The van der Waals surface area contributed by atoms with Crippen molar-refractivity contribution in [1.82, 2.24) is 9.97 Å². The number of methoxy groups -OCH3 is 2. The van der Waals surface area contributed by atoms with E-state index in [0.29, 0.717) is 26.7 Å². The molecular weight excluding hydrogens is 423 g/mol. The molecule has 0 spiro atoms. The summed E-state index contributed by atoms with van der Waals surface area (Å²) in [4.78, 5) is 10.0. The van der Waals surface area contributed by atoms with E-state index in [1.807, 2.05) is 36.4 Å². The van der Waals surface area contributed by atoms with Gasteiger partial charge in [-0.2, -0.15) is 0 Å². The molecule has 140 valence electrons.